The molecule has 0 aromatic heterocycles. The first-order valence-electron chi connectivity index (χ1n) is 23.9. The Morgan fingerprint density at radius 2 is 1.57 bits per heavy atom. The van der Waals surface area contributed by atoms with E-state index >= 15 is 0 Å². The Hall–Kier alpha value is -3.37. The molecule has 0 aromatic rings. The third-order valence-corrected chi connectivity index (χ3v) is 14.5. The lowest BCUT2D eigenvalue weighted by Gasteiger charge is -2.42. The Morgan fingerprint density at radius 1 is 0.846 bits per heavy atom. The van der Waals surface area contributed by atoms with Crippen LogP contribution >= 0.6 is 0 Å². The molecule has 3 aliphatic heterocycles. The molecule has 2 saturated heterocycles. The molecule has 0 spiro atoms. The van der Waals surface area contributed by atoms with Gasteiger partial charge < -0.3 is 43.9 Å². The summed E-state index contributed by atoms with van der Waals surface area (Å²) in [5, 5.41) is 33.8. The SMILES string of the molecule is CO[C@H]1C[C@@H]2CC[C@@H](C)[C@@](O)(O2)C(=O)C(=O)N2CCCC[C@H]2C(=O)O[C@H]([C@H](C)C[C@@H]2CC[C@@H](O)[C@H](OC)C2)CC(=O)[C@H](C)/C=C(\C)[C@@H](O)[C@@H](OC)C(=O)[C@H](C)C[C@H](C)/C=C/C=C/C=C\1C. The molecule has 15 atom stereocenters. The van der Waals surface area contributed by atoms with Gasteiger partial charge in [-0.05, 0) is 107 Å². The van der Waals surface area contributed by atoms with Crippen LogP contribution < -0.4 is 0 Å². The van der Waals surface area contributed by atoms with Crippen molar-refractivity contribution in [2.24, 2.45) is 35.5 Å². The summed E-state index contributed by atoms with van der Waals surface area (Å²) in [6.07, 6.45) is 11.2. The van der Waals surface area contributed by atoms with Crippen molar-refractivity contribution in [1.29, 1.82) is 0 Å². The average molecular weight is 914 g/mol. The largest absolute Gasteiger partial charge is 0.460 e. The lowest BCUT2D eigenvalue weighted by molar-refractivity contribution is -0.265. The summed E-state index contributed by atoms with van der Waals surface area (Å²) in [5.41, 5.74) is 1.27. The number of piperidine rings is 1. The topological polar surface area (TPSA) is 195 Å². The zero-order valence-electron chi connectivity index (χ0n) is 40.6. The number of amides is 1. The van der Waals surface area contributed by atoms with Gasteiger partial charge in [-0.1, -0.05) is 71.1 Å². The van der Waals surface area contributed by atoms with Crippen LogP contribution in [-0.2, 0) is 47.7 Å². The maximum atomic E-state index is 14.4. The van der Waals surface area contributed by atoms with E-state index in [0.717, 1.165) is 12.0 Å². The maximum absolute atomic E-state index is 14.4. The van der Waals surface area contributed by atoms with Gasteiger partial charge in [0, 0.05) is 58.5 Å². The third kappa shape index (κ3) is 14.3. The monoisotopic (exact) mass is 914 g/mol. The minimum Gasteiger partial charge on any atom is -0.460 e. The standard InChI is InChI=1S/C51H79NO13/c1-30-16-12-11-13-17-31(2)42(61-8)28-38-21-19-36(7)51(60,65-38)48(57)49(58)52-23-15-14-18-39(52)50(59)64-43(33(4)26-37-20-22-40(53)44(27-37)62-9)29-41(54)32(3)25-35(6)46(56)47(63-10)45(55)34(5)24-30/h11-13,16-17,25,30,32-34,36-40,42-44,46-47,53,56,60H,14-15,18-24,26-29H2,1-10H3/b13-11+,16-12+,31-17-,35-25+/t30-,32-,33-,34-,36-,37+,38+,39+,40-,42+,43+,44-,46-,47+,51-/m1/s1. The summed E-state index contributed by atoms with van der Waals surface area (Å²) >= 11 is 0. The van der Waals surface area contributed by atoms with E-state index in [1.54, 1.807) is 41.1 Å². The second kappa shape index (κ2) is 25.1. The Morgan fingerprint density at radius 3 is 2.25 bits per heavy atom. The summed E-state index contributed by atoms with van der Waals surface area (Å²) in [6.45, 7) is 12.7. The van der Waals surface area contributed by atoms with Gasteiger partial charge in [0.2, 0.25) is 5.79 Å². The highest BCUT2D eigenvalue weighted by molar-refractivity contribution is 6.39. The van der Waals surface area contributed by atoms with Gasteiger partial charge >= 0.3 is 5.97 Å². The summed E-state index contributed by atoms with van der Waals surface area (Å²) < 4.78 is 29.4. The Kier molecular flexibility index (Phi) is 21.0. The molecule has 2 bridgehead atoms. The van der Waals surface area contributed by atoms with Crippen molar-refractivity contribution in [1.82, 2.24) is 4.90 Å². The Bertz CT molecular complexity index is 1760. The fourth-order valence-corrected chi connectivity index (χ4v) is 10.1. The number of ether oxygens (including phenoxy) is 5. The lowest BCUT2D eigenvalue weighted by Crippen LogP contribution is -2.61. The lowest BCUT2D eigenvalue weighted by atomic mass is 9.78. The van der Waals surface area contributed by atoms with E-state index in [-0.39, 0.29) is 54.8 Å². The zero-order valence-corrected chi connectivity index (χ0v) is 40.6. The molecule has 14 heteroatoms. The number of hydrogen-bond acceptors (Lipinski definition) is 13. The van der Waals surface area contributed by atoms with Gasteiger partial charge in [0.1, 0.15) is 30.1 Å². The molecule has 65 heavy (non-hydrogen) atoms. The summed E-state index contributed by atoms with van der Waals surface area (Å²) in [7, 11) is 4.52. The number of rotatable bonds is 6. The third-order valence-electron chi connectivity index (χ3n) is 14.5. The van der Waals surface area contributed by atoms with Gasteiger partial charge in [-0.25, -0.2) is 4.79 Å². The van der Waals surface area contributed by atoms with Gasteiger partial charge in [-0.15, -0.1) is 0 Å². The van der Waals surface area contributed by atoms with Crippen LogP contribution in [0.4, 0.5) is 0 Å². The average Bonchev–Trinajstić information content (AvgIpc) is 3.28. The van der Waals surface area contributed by atoms with Crippen LogP contribution in [0.2, 0.25) is 0 Å². The van der Waals surface area contributed by atoms with Gasteiger partial charge in [0.15, 0.2) is 5.78 Å². The van der Waals surface area contributed by atoms with Crippen molar-refractivity contribution in [2.45, 2.75) is 180 Å². The predicted molar refractivity (Wildman–Crippen MR) is 245 cm³/mol. The van der Waals surface area contributed by atoms with E-state index in [4.69, 9.17) is 23.7 Å². The summed E-state index contributed by atoms with van der Waals surface area (Å²) in [5.74, 6) is -7.96. The number of hydrogen-bond donors (Lipinski definition) is 3. The highest BCUT2D eigenvalue weighted by Gasteiger charge is 2.53. The number of nitrogens with zero attached hydrogens (tertiary/aromatic N) is 1. The van der Waals surface area contributed by atoms with E-state index < -0.39 is 83.9 Å². The van der Waals surface area contributed by atoms with E-state index in [9.17, 15) is 39.3 Å². The first kappa shape index (κ1) is 54.2. The fourth-order valence-electron chi connectivity index (χ4n) is 10.1. The molecule has 4 aliphatic rings. The quantitative estimate of drug-likeness (QED) is 0.156. The molecular formula is C51H79NO13. The Balaban J connectivity index is 1.70. The molecule has 366 valence electrons. The highest BCUT2D eigenvalue weighted by atomic mass is 16.6. The van der Waals surface area contributed by atoms with Crippen molar-refractivity contribution in [3.05, 3.63) is 47.6 Å². The number of methoxy groups -OCH3 is 3. The van der Waals surface area contributed by atoms with Gasteiger partial charge in [0.05, 0.1) is 24.4 Å². The minimum atomic E-state index is -2.43. The number of allylic oxidation sites excluding steroid dienone is 6. The summed E-state index contributed by atoms with van der Waals surface area (Å²) in [6, 6.07) is -1.14. The predicted octanol–water partition coefficient (Wildman–Crippen LogP) is 6.18. The number of aliphatic hydroxyl groups is 3. The molecule has 0 radical (unpaired) electrons. The van der Waals surface area contributed by atoms with Crippen molar-refractivity contribution < 1.29 is 63.0 Å². The number of fused-ring (bicyclic) bond motifs is 3. The summed E-state index contributed by atoms with van der Waals surface area (Å²) in [4.78, 5) is 71.8. The van der Waals surface area contributed by atoms with E-state index in [2.05, 4.69) is 0 Å². The molecule has 3 fully saturated rings. The van der Waals surface area contributed by atoms with Crippen LogP contribution in [0, 0.1) is 35.5 Å². The highest BCUT2D eigenvalue weighted by Crippen LogP contribution is 2.38. The first-order chi connectivity index (χ1) is 30.7. The number of carbonyl (C=O) groups is 5. The molecule has 1 saturated carbocycles. The normalized spacial score (nSPS) is 40.4. The molecule has 14 nitrogen and oxygen atoms in total. The molecule has 1 amide bonds. The van der Waals surface area contributed by atoms with Gasteiger partial charge in [-0.2, -0.15) is 0 Å². The number of ketones is 3. The number of cyclic esters (lactones) is 1. The van der Waals surface area contributed by atoms with Crippen molar-refractivity contribution in [3.63, 3.8) is 0 Å². The molecule has 0 aromatic carbocycles. The zero-order chi connectivity index (χ0) is 48.2. The van der Waals surface area contributed by atoms with Crippen LogP contribution in [-0.4, -0.2) is 132 Å². The minimum absolute atomic E-state index is 0.0193. The number of carbonyl (C=O) groups excluding carboxylic acids is 5. The van der Waals surface area contributed by atoms with E-state index in [1.807, 2.05) is 58.1 Å². The molecule has 0 unspecified atom stereocenters. The van der Waals surface area contributed by atoms with Crippen molar-refractivity contribution >= 4 is 29.2 Å². The molecule has 3 heterocycles. The van der Waals surface area contributed by atoms with Crippen LogP contribution in [0.25, 0.3) is 0 Å². The number of esters is 1. The smallest absolute Gasteiger partial charge is 0.329 e. The van der Waals surface area contributed by atoms with Crippen LogP contribution in [0.5, 0.6) is 0 Å². The first-order valence-corrected chi connectivity index (χ1v) is 23.9. The fraction of sp³-hybridized carbons (Fsp3) is 0.745. The van der Waals surface area contributed by atoms with Crippen molar-refractivity contribution in [3.8, 4) is 0 Å². The number of aliphatic hydroxyl groups excluding tert-OH is 2. The maximum Gasteiger partial charge on any atom is 0.329 e. The molecule has 1 aliphatic carbocycles. The second-order valence-electron chi connectivity index (χ2n) is 19.6. The molecule has 4 rings (SSSR count). The van der Waals surface area contributed by atoms with E-state index in [0.29, 0.717) is 63.4 Å². The number of Topliss-reactive ketones (excluding diaryl/α,β-unsaturated/α-hetero) is 3. The van der Waals surface area contributed by atoms with Gasteiger partial charge in [-0.3, -0.25) is 19.2 Å². The van der Waals surface area contributed by atoms with Crippen LogP contribution in [0.3, 0.4) is 0 Å². The van der Waals surface area contributed by atoms with Crippen LogP contribution in [0.1, 0.15) is 126 Å². The second-order valence-corrected chi connectivity index (χ2v) is 19.6. The molecular weight excluding hydrogens is 835 g/mol. The van der Waals surface area contributed by atoms with E-state index in [1.165, 1.54) is 12.0 Å². The van der Waals surface area contributed by atoms with Crippen molar-refractivity contribution in [2.75, 3.05) is 27.9 Å². The van der Waals surface area contributed by atoms with Crippen LogP contribution in [0.15, 0.2) is 47.6 Å². The molecule has 3 N–H and O–H groups in total. The van der Waals surface area contributed by atoms with Gasteiger partial charge in [0.25, 0.3) is 11.7 Å². The Labute approximate surface area is 387 Å².